The second-order valence-corrected chi connectivity index (χ2v) is 9.93. The minimum Gasteiger partial charge on any atom is -0.399 e. The van der Waals surface area contributed by atoms with Gasteiger partial charge in [-0.2, -0.15) is 13.2 Å². The number of benzene rings is 1. The molecule has 3 heterocycles. The van der Waals surface area contributed by atoms with Gasteiger partial charge in [0, 0.05) is 31.9 Å². The molecule has 34 heavy (non-hydrogen) atoms. The van der Waals surface area contributed by atoms with E-state index in [4.69, 9.17) is 9.31 Å². The van der Waals surface area contributed by atoms with E-state index in [1.54, 1.807) is 6.07 Å². The van der Waals surface area contributed by atoms with Crippen molar-refractivity contribution in [1.82, 2.24) is 4.98 Å². The summed E-state index contributed by atoms with van der Waals surface area (Å²) in [6, 6.07) is 11.4. The minimum absolute atomic E-state index is 0.0294. The zero-order valence-electron chi connectivity index (χ0n) is 20.0. The molecule has 0 radical (unpaired) electrons. The first-order chi connectivity index (χ1) is 15.8. The predicted molar refractivity (Wildman–Crippen MR) is 126 cm³/mol. The highest BCUT2D eigenvalue weighted by atomic mass is 19.4. The van der Waals surface area contributed by atoms with Crippen LogP contribution in [-0.2, 0) is 9.31 Å². The SMILES string of the molecule is CC1(C)OB(c2ccc(N3CCN(c4ccc(C(O)CC(F)(F)F)nc4)CC3)cc2)OC1(C)C. The smallest absolute Gasteiger partial charge is 0.399 e. The van der Waals surface area contributed by atoms with Crippen LogP contribution in [-0.4, -0.2) is 60.8 Å². The summed E-state index contributed by atoms with van der Waals surface area (Å²) in [5.41, 5.74) is 2.20. The molecule has 0 spiro atoms. The molecule has 0 bridgehead atoms. The molecule has 2 fully saturated rings. The van der Waals surface area contributed by atoms with Crippen LogP contribution in [0.25, 0.3) is 0 Å². The first-order valence-corrected chi connectivity index (χ1v) is 11.5. The van der Waals surface area contributed by atoms with Gasteiger partial charge in [-0.3, -0.25) is 4.98 Å². The van der Waals surface area contributed by atoms with Crippen molar-refractivity contribution in [2.24, 2.45) is 0 Å². The van der Waals surface area contributed by atoms with Crippen LogP contribution in [0.5, 0.6) is 0 Å². The van der Waals surface area contributed by atoms with Gasteiger partial charge in [0.15, 0.2) is 0 Å². The highest BCUT2D eigenvalue weighted by Crippen LogP contribution is 2.36. The molecule has 1 unspecified atom stereocenters. The van der Waals surface area contributed by atoms with Crippen LogP contribution in [0.3, 0.4) is 0 Å². The highest BCUT2D eigenvalue weighted by Gasteiger charge is 2.51. The molecule has 2 saturated heterocycles. The van der Waals surface area contributed by atoms with Crippen molar-refractivity contribution in [3.8, 4) is 0 Å². The maximum atomic E-state index is 12.5. The van der Waals surface area contributed by atoms with E-state index in [-0.39, 0.29) is 24.0 Å². The van der Waals surface area contributed by atoms with Crippen molar-refractivity contribution in [1.29, 1.82) is 0 Å². The number of pyridine rings is 1. The third-order valence-electron chi connectivity index (χ3n) is 6.97. The molecular weight excluding hydrogens is 446 g/mol. The normalized spacial score (nSPS) is 21.1. The van der Waals surface area contributed by atoms with Gasteiger partial charge in [-0.25, -0.2) is 0 Å². The topological polar surface area (TPSA) is 58.1 Å². The first kappa shape index (κ1) is 24.8. The summed E-state index contributed by atoms with van der Waals surface area (Å²) in [6.07, 6.45) is -5.85. The fourth-order valence-electron chi connectivity index (χ4n) is 4.15. The number of rotatable bonds is 5. The maximum Gasteiger partial charge on any atom is 0.494 e. The van der Waals surface area contributed by atoms with Gasteiger partial charge in [0.25, 0.3) is 0 Å². The summed E-state index contributed by atoms with van der Waals surface area (Å²) in [4.78, 5) is 8.49. The summed E-state index contributed by atoms with van der Waals surface area (Å²) in [5, 5.41) is 9.74. The van der Waals surface area contributed by atoms with Crippen LogP contribution >= 0.6 is 0 Å². The molecule has 0 saturated carbocycles. The largest absolute Gasteiger partial charge is 0.494 e. The number of piperazine rings is 1. The Hall–Kier alpha value is -2.30. The fourth-order valence-corrected chi connectivity index (χ4v) is 4.15. The van der Waals surface area contributed by atoms with Crippen LogP contribution in [0.4, 0.5) is 24.5 Å². The van der Waals surface area contributed by atoms with Crippen molar-refractivity contribution < 1.29 is 27.6 Å². The summed E-state index contributed by atoms with van der Waals surface area (Å²) < 4.78 is 49.7. The molecule has 184 valence electrons. The Kier molecular flexibility index (Phi) is 6.61. The lowest BCUT2D eigenvalue weighted by Crippen LogP contribution is -2.46. The van der Waals surface area contributed by atoms with Gasteiger partial charge in [0.2, 0.25) is 0 Å². The van der Waals surface area contributed by atoms with E-state index in [2.05, 4.69) is 26.9 Å². The standard InChI is InChI=1S/C24H31BF3N3O3/c1-22(2)23(3,4)34-25(33-22)17-5-7-18(8-6-17)30-11-13-31(14-12-30)19-9-10-20(29-16-19)21(32)15-24(26,27)28/h5-10,16,21,32H,11-15H2,1-4H3. The van der Waals surface area contributed by atoms with E-state index >= 15 is 0 Å². The van der Waals surface area contributed by atoms with Crippen LogP contribution in [0.15, 0.2) is 42.6 Å². The second kappa shape index (κ2) is 9.05. The van der Waals surface area contributed by atoms with Gasteiger partial charge in [0.05, 0.1) is 35.2 Å². The Bertz CT molecular complexity index is 960. The average Bonchev–Trinajstić information content (AvgIpc) is 3.00. The van der Waals surface area contributed by atoms with Crippen LogP contribution < -0.4 is 15.3 Å². The molecule has 10 heteroatoms. The molecule has 1 N–H and O–H groups in total. The number of aromatic nitrogens is 1. The number of alkyl halides is 3. The molecule has 0 amide bonds. The van der Waals surface area contributed by atoms with Crippen molar-refractivity contribution in [2.75, 3.05) is 36.0 Å². The Morgan fingerprint density at radius 3 is 1.88 bits per heavy atom. The Labute approximate surface area is 198 Å². The van der Waals surface area contributed by atoms with Crippen molar-refractivity contribution >= 4 is 24.0 Å². The van der Waals surface area contributed by atoms with E-state index in [9.17, 15) is 18.3 Å². The number of hydrogen-bond acceptors (Lipinski definition) is 6. The third kappa shape index (κ3) is 5.34. The summed E-state index contributed by atoms with van der Waals surface area (Å²) in [5.74, 6) is 0. The van der Waals surface area contributed by atoms with Crippen LogP contribution in [0.2, 0.25) is 0 Å². The lowest BCUT2D eigenvalue weighted by atomic mass is 9.79. The van der Waals surface area contributed by atoms with Gasteiger partial charge in [-0.1, -0.05) is 12.1 Å². The minimum atomic E-state index is -4.43. The first-order valence-electron chi connectivity index (χ1n) is 11.5. The van der Waals surface area contributed by atoms with E-state index in [0.29, 0.717) is 0 Å². The van der Waals surface area contributed by atoms with Gasteiger partial charge in [-0.15, -0.1) is 0 Å². The number of hydrogen-bond donors (Lipinski definition) is 1. The van der Waals surface area contributed by atoms with Crippen molar-refractivity contribution in [3.05, 3.63) is 48.3 Å². The number of nitrogens with zero attached hydrogens (tertiary/aromatic N) is 3. The summed E-state index contributed by atoms with van der Waals surface area (Å²) in [7, 11) is -0.388. The van der Waals surface area contributed by atoms with Gasteiger partial charge in [-0.05, 0) is 57.4 Å². The van der Waals surface area contributed by atoms with Gasteiger partial charge in [0.1, 0.15) is 6.10 Å². The van der Waals surface area contributed by atoms with E-state index in [1.165, 1.54) is 12.3 Å². The molecule has 2 aliphatic heterocycles. The van der Waals surface area contributed by atoms with E-state index in [0.717, 1.165) is 43.0 Å². The van der Waals surface area contributed by atoms with Gasteiger partial charge < -0.3 is 24.2 Å². The average molecular weight is 477 g/mol. The lowest BCUT2D eigenvalue weighted by Gasteiger charge is -2.37. The number of halogens is 3. The highest BCUT2D eigenvalue weighted by molar-refractivity contribution is 6.62. The van der Waals surface area contributed by atoms with Crippen LogP contribution in [0.1, 0.15) is 45.9 Å². The van der Waals surface area contributed by atoms with Gasteiger partial charge >= 0.3 is 13.3 Å². The quantitative estimate of drug-likeness (QED) is 0.664. The zero-order chi connectivity index (χ0) is 24.7. The predicted octanol–water partition coefficient (Wildman–Crippen LogP) is 3.69. The molecule has 0 aliphatic carbocycles. The van der Waals surface area contributed by atoms with E-state index < -0.39 is 18.7 Å². The lowest BCUT2D eigenvalue weighted by molar-refractivity contribution is -0.154. The molecular formula is C24H31BF3N3O3. The number of aliphatic hydroxyl groups excluding tert-OH is 1. The number of anilines is 2. The number of aliphatic hydroxyl groups is 1. The Balaban J connectivity index is 1.33. The molecule has 6 nitrogen and oxygen atoms in total. The van der Waals surface area contributed by atoms with Crippen LogP contribution in [0, 0.1) is 0 Å². The molecule has 1 atom stereocenters. The van der Waals surface area contributed by atoms with E-state index in [1.807, 2.05) is 39.8 Å². The molecule has 1 aromatic heterocycles. The molecule has 4 rings (SSSR count). The summed E-state index contributed by atoms with van der Waals surface area (Å²) in [6.45, 7) is 11.3. The maximum absolute atomic E-state index is 12.5. The Morgan fingerprint density at radius 1 is 0.912 bits per heavy atom. The van der Waals surface area contributed by atoms with Crippen molar-refractivity contribution in [2.45, 2.75) is 57.6 Å². The zero-order valence-corrected chi connectivity index (χ0v) is 20.0. The third-order valence-corrected chi connectivity index (χ3v) is 6.97. The monoisotopic (exact) mass is 477 g/mol. The molecule has 2 aromatic rings. The Morgan fingerprint density at radius 2 is 1.41 bits per heavy atom. The summed E-state index contributed by atoms with van der Waals surface area (Å²) >= 11 is 0. The van der Waals surface area contributed by atoms with Crippen molar-refractivity contribution in [3.63, 3.8) is 0 Å². The second-order valence-electron chi connectivity index (χ2n) is 9.93. The molecule has 2 aliphatic rings. The molecule has 1 aromatic carbocycles. The fraction of sp³-hybridized carbons (Fsp3) is 0.542.